The Bertz CT molecular complexity index is 590. The lowest BCUT2D eigenvalue weighted by molar-refractivity contribution is -0.124. The maximum absolute atomic E-state index is 11.8. The van der Waals surface area contributed by atoms with Gasteiger partial charge in [-0.3, -0.25) is 4.79 Å². The number of rotatable bonds is 5. The summed E-state index contributed by atoms with van der Waals surface area (Å²) < 4.78 is 17.0. The molecule has 1 rings (SSSR count). The molecule has 1 aromatic carbocycles. The fraction of sp³-hybridized carbons (Fsp3) is 0.400. The summed E-state index contributed by atoms with van der Waals surface area (Å²) in [7, 11) is 6.37. The van der Waals surface area contributed by atoms with Crippen LogP contribution in [0, 0.1) is 15.4 Å². The molecule has 0 spiro atoms. The van der Waals surface area contributed by atoms with Gasteiger partial charge >= 0.3 is 0 Å². The molecule has 0 aliphatic carbocycles. The number of carbonyl (C=O) groups excluding carboxylic acids is 1. The smallest absolute Gasteiger partial charge is 0.298 e. The highest BCUT2D eigenvalue weighted by atomic mass is 127. The first-order valence-electron chi connectivity index (χ1n) is 6.15. The van der Waals surface area contributed by atoms with E-state index < -0.39 is 0 Å². The Labute approximate surface area is 138 Å². The van der Waals surface area contributed by atoms with Crippen LogP contribution in [0.4, 0.5) is 0 Å². The van der Waals surface area contributed by atoms with Gasteiger partial charge in [0, 0.05) is 16.2 Å². The van der Waals surface area contributed by atoms with Gasteiger partial charge in [-0.05, 0) is 41.5 Å². The fourth-order valence-electron chi connectivity index (χ4n) is 1.84. The van der Waals surface area contributed by atoms with Crippen LogP contribution in [-0.2, 0) is 11.3 Å². The van der Waals surface area contributed by atoms with Crippen molar-refractivity contribution in [1.29, 1.82) is 0 Å². The molecule has 0 aliphatic heterocycles. The van der Waals surface area contributed by atoms with Crippen molar-refractivity contribution < 1.29 is 19.0 Å². The molecule has 0 aliphatic rings. The summed E-state index contributed by atoms with van der Waals surface area (Å²) >= 11 is 2.18. The minimum atomic E-state index is -0.245. The molecule has 21 heavy (non-hydrogen) atoms. The number of benzene rings is 1. The quantitative estimate of drug-likeness (QED) is 0.560. The molecule has 0 fully saturated rings. The molecular formula is C15H18INO4. The minimum Gasteiger partial charge on any atom is -0.493 e. The van der Waals surface area contributed by atoms with Crippen LogP contribution < -0.4 is 14.2 Å². The second-order valence-electron chi connectivity index (χ2n) is 4.14. The molecule has 1 aromatic rings. The Morgan fingerprint density at radius 2 is 1.86 bits per heavy atom. The molecule has 114 valence electrons. The molecule has 0 atom stereocenters. The van der Waals surface area contributed by atoms with Gasteiger partial charge in [-0.15, -0.1) is 0 Å². The van der Waals surface area contributed by atoms with E-state index >= 15 is 0 Å². The molecule has 1 amide bonds. The highest BCUT2D eigenvalue weighted by Crippen LogP contribution is 2.42. The highest BCUT2D eigenvalue weighted by Gasteiger charge is 2.21. The molecule has 0 saturated heterocycles. The lowest BCUT2D eigenvalue weighted by atomic mass is 10.1. The zero-order valence-corrected chi connectivity index (χ0v) is 14.9. The normalized spacial score (nSPS) is 9.43. The van der Waals surface area contributed by atoms with Crippen molar-refractivity contribution in [1.82, 2.24) is 4.90 Å². The minimum absolute atomic E-state index is 0.245. The van der Waals surface area contributed by atoms with Gasteiger partial charge in [0.1, 0.15) is 0 Å². The van der Waals surface area contributed by atoms with Crippen LogP contribution in [-0.4, -0.2) is 39.2 Å². The van der Waals surface area contributed by atoms with Crippen LogP contribution in [0.3, 0.4) is 0 Å². The van der Waals surface area contributed by atoms with E-state index in [4.69, 9.17) is 14.2 Å². The molecule has 0 saturated carbocycles. The predicted octanol–water partition coefficient (Wildman–Crippen LogP) is 2.30. The Morgan fingerprint density at radius 3 is 2.33 bits per heavy atom. The van der Waals surface area contributed by atoms with E-state index in [1.54, 1.807) is 35.3 Å². The van der Waals surface area contributed by atoms with E-state index in [0.717, 1.165) is 9.13 Å². The van der Waals surface area contributed by atoms with E-state index in [9.17, 15) is 4.79 Å². The molecule has 0 bridgehead atoms. The maximum atomic E-state index is 11.8. The number of hydrogen-bond donors (Lipinski definition) is 0. The van der Waals surface area contributed by atoms with Crippen LogP contribution in [0.2, 0.25) is 0 Å². The Hall–Kier alpha value is -1.62. The van der Waals surface area contributed by atoms with Crippen molar-refractivity contribution in [3.63, 3.8) is 0 Å². The molecule has 0 unspecified atom stereocenters. The van der Waals surface area contributed by atoms with Crippen molar-refractivity contribution in [2.24, 2.45) is 0 Å². The van der Waals surface area contributed by atoms with Gasteiger partial charge in [0.2, 0.25) is 5.75 Å². The maximum Gasteiger partial charge on any atom is 0.298 e. The Morgan fingerprint density at radius 1 is 1.24 bits per heavy atom. The largest absolute Gasteiger partial charge is 0.493 e. The van der Waals surface area contributed by atoms with Crippen molar-refractivity contribution in [2.45, 2.75) is 13.5 Å². The number of hydrogen-bond acceptors (Lipinski definition) is 4. The highest BCUT2D eigenvalue weighted by molar-refractivity contribution is 14.1. The summed E-state index contributed by atoms with van der Waals surface area (Å²) in [6.07, 6.45) is 0. The van der Waals surface area contributed by atoms with E-state index in [1.807, 2.05) is 6.07 Å². The summed E-state index contributed by atoms with van der Waals surface area (Å²) in [6.45, 7) is 2.00. The van der Waals surface area contributed by atoms with Crippen molar-refractivity contribution >= 4 is 28.5 Å². The monoisotopic (exact) mass is 403 g/mol. The number of methoxy groups -OCH3 is 3. The summed E-state index contributed by atoms with van der Waals surface area (Å²) in [6, 6.07) is 1.85. The van der Waals surface area contributed by atoms with Gasteiger partial charge < -0.3 is 19.1 Å². The number of amides is 1. The number of carbonyl (C=O) groups is 1. The molecule has 0 N–H and O–H groups in total. The van der Waals surface area contributed by atoms with Gasteiger partial charge in [0.15, 0.2) is 11.5 Å². The summed E-state index contributed by atoms with van der Waals surface area (Å²) in [5.74, 6) is 6.53. The summed E-state index contributed by atoms with van der Waals surface area (Å²) in [4.78, 5) is 13.3. The van der Waals surface area contributed by atoms with Gasteiger partial charge in [0.25, 0.3) is 5.91 Å². The third kappa shape index (κ3) is 3.94. The van der Waals surface area contributed by atoms with Gasteiger partial charge in [-0.2, -0.15) is 0 Å². The SMILES string of the molecule is CC#CC(=O)N(C)Cc1c(I)cc(OC)c(OC)c1OC. The second kappa shape index (κ2) is 7.98. The lowest BCUT2D eigenvalue weighted by Crippen LogP contribution is -2.25. The fourth-order valence-corrected chi connectivity index (χ4v) is 2.54. The predicted molar refractivity (Wildman–Crippen MR) is 88.7 cm³/mol. The Kier molecular flexibility index (Phi) is 6.62. The van der Waals surface area contributed by atoms with E-state index in [1.165, 1.54) is 4.90 Å². The first kappa shape index (κ1) is 17.4. The number of halogens is 1. The first-order chi connectivity index (χ1) is 9.99. The Balaban J connectivity index is 3.28. The molecule has 0 aromatic heterocycles. The van der Waals surface area contributed by atoms with E-state index in [-0.39, 0.29) is 5.91 Å². The molecular weight excluding hydrogens is 385 g/mol. The van der Waals surface area contributed by atoms with Crippen LogP contribution in [0.1, 0.15) is 12.5 Å². The van der Waals surface area contributed by atoms with Crippen molar-refractivity contribution in [3.05, 3.63) is 15.2 Å². The molecule has 0 radical (unpaired) electrons. The molecule has 0 heterocycles. The van der Waals surface area contributed by atoms with Crippen LogP contribution in [0.5, 0.6) is 17.2 Å². The van der Waals surface area contributed by atoms with Crippen LogP contribution in [0.25, 0.3) is 0 Å². The van der Waals surface area contributed by atoms with Gasteiger partial charge in [-0.25, -0.2) is 0 Å². The van der Waals surface area contributed by atoms with Gasteiger partial charge in [0.05, 0.1) is 27.9 Å². The molecule has 5 nitrogen and oxygen atoms in total. The van der Waals surface area contributed by atoms with Crippen molar-refractivity contribution in [3.8, 4) is 29.1 Å². The van der Waals surface area contributed by atoms with E-state index in [0.29, 0.717) is 23.8 Å². The van der Waals surface area contributed by atoms with Gasteiger partial charge in [-0.1, -0.05) is 5.92 Å². The first-order valence-corrected chi connectivity index (χ1v) is 7.23. The number of ether oxygens (including phenoxy) is 3. The molecule has 6 heteroatoms. The summed E-state index contributed by atoms with van der Waals surface area (Å²) in [5.41, 5.74) is 0.851. The number of nitrogens with zero attached hydrogens (tertiary/aromatic N) is 1. The van der Waals surface area contributed by atoms with E-state index in [2.05, 4.69) is 34.4 Å². The second-order valence-corrected chi connectivity index (χ2v) is 5.30. The average molecular weight is 403 g/mol. The zero-order chi connectivity index (χ0) is 16.0. The van der Waals surface area contributed by atoms with Crippen LogP contribution >= 0.6 is 22.6 Å². The average Bonchev–Trinajstić information content (AvgIpc) is 2.48. The standard InChI is InChI=1S/C15H18INO4/c1-6-7-13(18)17(2)9-10-11(16)8-12(19-3)15(21-5)14(10)20-4/h8H,9H2,1-5H3. The van der Waals surface area contributed by atoms with Crippen LogP contribution in [0.15, 0.2) is 6.07 Å². The lowest BCUT2D eigenvalue weighted by Gasteiger charge is -2.21. The third-order valence-corrected chi connectivity index (χ3v) is 3.81. The third-order valence-electron chi connectivity index (χ3n) is 2.85. The topological polar surface area (TPSA) is 48.0 Å². The summed E-state index contributed by atoms with van der Waals surface area (Å²) in [5, 5.41) is 0. The zero-order valence-electron chi connectivity index (χ0n) is 12.7. The van der Waals surface area contributed by atoms with Crippen molar-refractivity contribution in [2.75, 3.05) is 28.4 Å².